The molecule has 69 heavy (non-hydrogen) atoms. The van der Waals surface area contributed by atoms with Gasteiger partial charge >= 0.3 is 5.97 Å². The summed E-state index contributed by atoms with van der Waals surface area (Å²) in [6.07, 6.45) is 12.1. The Hall–Kier alpha value is -3.09. The highest BCUT2D eigenvalue weighted by Crippen LogP contribution is 2.40. The third kappa shape index (κ3) is 15.0. The van der Waals surface area contributed by atoms with E-state index in [1.165, 1.54) is 7.11 Å². The summed E-state index contributed by atoms with van der Waals surface area (Å²) in [5, 5.41) is 34.6. The minimum absolute atomic E-state index is 0.0496. The predicted molar refractivity (Wildman–Crippen MR) is 263 cm³/mol. The lowest BCUT2D eigenvalue weighted by molar-refractivity contribution is -0.262. The van der Waals surface area contributed by atoms with E-state index in [4.69, 9.17) is 18.9 Å². The molecule has 16 heteroatoms. The first kappa shape index (κ1) is 56.8. The maximum atomic E-state index is 15.1. The van der Waals surface area contributed by atoms with Crippen molar-refractivity contribution in [2.24, 2.45) is 41.4 Å². The molecule has 0 aromatic heterocycles. The quantitative estimate of drug-likeness (QED) is 0.176. The zero-order chi connectivity index (χ0) is 50.8. The molecule has 2 bridgehead atoms. The molecule has 3 saturated heterocycles. The van der Waals surface area contributed by atoms with Gasteiger partial charge in [0.2, 0.25) is 21.6 Å². The molecule has 0 aromatic carbocycles. The second-order valence-corrected chi connectivity index (χ2v) is 23.3. The maximum absolute atomic E-state index is 15.1. The van der Waals surface area contributed by atoms with E-state index in [0.29, 0.717) is 64.2 Å². The number of hydrogen-bond donors (Lipinski definition) is 4. The molecule has 1 saturated carbocycles. The summed E-state index contributed by atoms with van der Waals surface area (Å²) in [4.78, 5) is 59.7. The van der Waals surface area contributed by atoms with Gasteiger partial charge in [0.25, 0.3) is 0 Å². The van der Waals surface area contributed by atoms with Crippen molar-refractivity contribution in [2.75, 3.05) is 33.1 Å². The average molecular weight is 989 g/mol. The summed E-state index contributed by atoms with van der Waals surface area (Å²) in [6, 6.07) is -1.03. The van der Waals surface area contributed by atoms with Crippen molar-refractivity contribution in [1.82, 2.24) is 9.62 Å². The largest absolute Gasteiger partial charge is 0.460 e. The summed E-state index contributed by atoms with van der Waals surface area (Å²) >= 11 is 0. The summed E-state index contributed by atoms with van der Waals surface area (Å²) in [6.45, 7) is 13.2. The predicted octanol–water partition coefficient (Wildman–Crippen LogP) is 6.30. The Morgan fingerprint density at radius 1 is 0.899 bits per heavy atom. The molecular formula is C53H84N2O13S. The number of methoxy groups -OCH3 is 2. The van der Waals surface area contributed by atoms with Gasteiger partial charge < -0.3 is 39.2 Å². The molecule has 15 atom stereocenters. The molecule has 0 aromatic rings. The molecule has 4 fully saturated rings. The second kappa shape index (κ2) is 25.5. The van der Waals surface area contributed by atoms with Crippen LogP contribution in [0.4, 0.5) is 0 Å². The van der Waals surface area contributed by atoms with E-state index in [2.05, 4.69) is 4.72 Å². The Kier molecular flexibility index (Phi) is 21.0. The monoisotopic (exact) mass is 989 g/mol. The third-order valence-electron chi connectivity index (χ3n) is 15.7. The number of ether oxygens (including phenoxy) is 4. The first-order valence-electron chi connectivity index (χ1n) is 25.7. The molecule has 1 unspecified atom stereocenters. The SMILES string of the molecule is CO[C@@H]1C[C@H](C[C@@H](C)[C@@H]2CC(=O)[C@H](C)CC(C)[C@@H](O)[C@@H](OC)C(=O)[C@H](C)C[C@H](C)/C=C/C=CC=C(C)CC[C@@H]3CC[C@@H](C)[C@@](O)(O3)C(=O)/C(=C3\CNS(=O)(=O)C3)N3CCCC[C@H]3C(=O)O2)CC[C@H]1O. The van der Waals surface area contributed by atoms with Crippen LogP contribution in [0.2, 0.25) is 0 Å². The summed E-state index contributed by atoms with van der Waals surface area (Å²) in [7, 11) is -0.818. The number of carbonyl (C=O) groups excluding carboxylic acids is 4. The number of aliphatic hydroxyl groups is 3. The molecule has 5 aliphatic rings. The topological polar surface area (TPSA) is 215 Å². The van der Waals surface area contributed by atoms with Crippen LogP contribution in [0.25, 0.3) is 0 Å². The maximum Gasteiger partial charge on any atom is 0.329 e. The number of fused-ring (bicyclic) bond motifs is 3. The number of allylic oxidation sites excluding steroid dienone is 6. The number of Topliss-reactive ketones (excluding diaryl/α,β-unsaturated/α-hetero) is 3. The fourth-order valence-corrected chi connectivity index (χ4v) is 12.4. The number of hydrogen-bond acceptors (Lipinski definition) is 14. The van der Waals surface area contributed by atoms with Crippen LogP contribution in [-0.4, -0.2) is 133 Å². The molecule has 4 heterocycles. The van der Waals surface area contributed by atoms with Crippen molar-refractivity contribution in [3.8, 4) is 0 Å². The lowest BCUT2D eigenvalue weighted by atomic mass is 9.78. The number of sulfonamides is 1. The summed E-state index contributed by atoms with van der Waals surface area (Å²) < 4.78 is 52.5. The normalized spacial score (nSPS) is 39.9. The van der Waals surface area contributed by atoms with Crippen molar-refractivity contribution in [2.45, 2.75) is 187 Å². The van der Waals surface area contributed by atoms with Crippen LogP contribution >= 0.6 is 0 Å². The number of ketones is 3. The molecule has 1 aliphatic carbocycles. The van der Waals surface area contributed by atoms with Crippen LogP contribution in [0, 0.1) is 41.4 Å². The minimum Gasteiger partial charge on any atom is -0.460 e. The molecule has 0 radical (unpaired) electrons. The van der Waals surface area contributed by atoms with Gasteiger partial charge in [0.05, 0.1) is 35.9 Å². The van der Waals surface area contributed by atoms with E-state index in [9.17, 15) is 38.1 Å². The fraction of sp³-hybridized carbons (Fsp3) is 0.774. The highest BCUT2D eigenvalue weighted by atomic mass is 32.2. The molecule has 0 amide bonds. The van der Waals surface area contributed by atoms with Gasteiger partial charge in [-0.05, 0) is 120 Å². The Morgan fingerprint density at radius 3 is 2.32 bits per heavy atom. The number of rotatable bonds is 5. The number of cyclic esters (lactones) is 1. The minimum atomic E-state index is -3.80. The van der Waals surface area contributed by atoms with E-state index in [-0.39, 0.29) is 79.0 Å². The van der Waals surface area contributed by atoms with Crippen molar-refractivity contribution < 1.29 is 61.9 Å². The second-order valence-electron chi connectivity index (χ2n) is 21.5. The van der Waals surface area contributed by atoms with Gasteiger partial charge in [0.1, 0.15) is 24.0 Å². The Morgan fingerprint density at radius 2 is 1.64 bits per heavy atom. The Balaban J connectivity index is 1.52. The number of nitrogens with one attached hydrogen (secondary N) is 1. The fourth-order valence-electron chi connectivity index (χ4n) is 11.3. The van der Waals surface area contributed by atoms with Crippen molar-refractivity contribution in [3.63, 3.8) is 0 Å². The number of piperidine rings is 1. The molecular weight excluding hydrogens is 905 g/mol. The molecule has 4 N–H and O–H groups in total. The zero-order valence-corrected chi connectivity index (χ0v) is 43.6. The highest BCUT2D eigenvalue weighted by molar-refractivity contribution is 7.90. The van der Waals surface area contributed by atoms with Crippen LogP contribution in [0.15, 0.2) is 47.2 Å². The third-order valence-corrected chi connectivity index (χ3v) is 17.1. The number of esters is 1. The molecule has 390 valence electrons. The smallest absolute Gasteiger partial charge is 0.329 e. The van der Waals surface area contributed by atoms with E-state index in [0.717, 1.165) is 12.0 Å². The summed E-state index contributed by atoms with van der Waals surface area (Å²) in [5.74, 6) is -6.93. The van der Waals surface area contributed by atoms with Gasteiger partial charge in [-0.25, -0.2) is 17.9 Å². The summed E-state index contributed by atoms with van der Waals surface area (Å²) in [5.41, 5.74) is 1.24. The Labute approximate surface area is 411 Å². The van der Waals surface area contributed by atoms with E-state index >= 15 is 4.79 Å². The van der Waals surface area contributed by atoms with Gasteiger partial charge in [-0.3, -0.25) is 14.4 Å². The standard InChI is InChI=1S/C53H84N2O13S/c1-32-15-11-10-12-16-33(2)25-36(5)48(58)50(66-9)49(59)37(6)26-34(3)44(57)29-45(35(4)27-39-20-23-43(56)46(28-39)65-8)67-52(61)42-17-13-14-24-55(42)47(40-30-54-69(63,64)31-40)51(60)53(62)38(7)19-22-41(68-53)21-18-32/h10-12,15-16,33-39,41-43,45-46,49-50,54,56,59,62H,13-14,17-31H2,1-9H3/b11-10?,16-12+,32-15?,47-40-/t33-,34-,35-,36-,37?,38-,39+,41-,42+,43-,45+,46-,49-,50+,53-/m1/s1. The van der Waals surface area contributed by atoms with Crippen LogP contribution in [0.3, 0.4) is 0 Å². The van der Waals surface area contributed by atoms with Crippen molar-refractivity contribution in [3.05, 3.63) is 47.2 Å². The first-order valence-corrected chi connectivity index (χ1v) is 27.3. The number of nitrogens with zero attached hydrogens (tertiary/aromatic N) is 1. The lowest BCUT2D eigenvalue weighted by Gasteiger charge is -2.44. The van der Waals surface area contributed by atoms with Crippen LogP contribution in [0.1, 0.15) is 138 Å². The molecule has 15 nitrogen and oxygen atoms in total. The Bertz CT molecular complexity index is 2020. The van der Waals surface area contributed by atoms with Gasteiger partial charge in [-0.2, -0.15) is 0 Å². The number of carbonyl (C=O) groups is 4. The molecule has 5 rings (SSSR count). The van der Waals surface area contributed by atoms with E-state index in [1.54, 1.807) is 32.8 Å². The van der Waals surface area contributed by atoms with Crippen LogP contribution in [0.5, 0.6) is 0 Å². The van der Waals surface area contributed by atoms with E-state index < -0.39 is 93.5 Å². The van der Waals surface area contributed by atoms with Gasteiger partial charge in [-0.15, -0.1) is 0 Å². The molecule has 0 spiro atoms. The van der Waals surface area contributed by atoms with Gasteiger partial charge in [-0.1, -0.05) is 77.5 Å². The average Bonchev–Trinajstić information content (AvgIpc) is 3.67. The van der Waals surface area contributed by atoms with Crippen molar-refractivity contribution in [1.29, 1.82) is 0 Å². The van der Waals surface area contributed by atoms with Crippen LogP contribution < -0.4 is 4.72 Å². The van der Waals surface area contributed by atoms with Crippen LogP contribution in [-0.2, 0) is 48.1 Å². The number of aliphatic hydroxyl groups excluding tert-OH is 2. The highest BCUT2D eigenvalue weighted by Gasteiger charge is 2.52. The van der Waals surface area contributed by atoms with Crippen molar-refractivity contribution >= 4 is 33.3 Å². The lowest BCUT2D eigenvalue weighted by Crippen LogP contribution is -2.57. The van der Waals surface area contributed by atoms with E-state index in [1.807, 2.05) is 58.1 Å². The first-order chi connectivity index (χ1) is 32.6. The molecule has 4 aliphatic heterocycles. The van der Waals surface area contributed by atoms with Gasteiger partial charge in [0.15, 0.2) is 5.78 Å². The zero-order valence-electron chi connectivity index (χ0n) is 42.8. The van der Waals surface area contributed by atoms with Gasteiger partial charge in [0, 0.05) is 51.5 Å².